The fourth-order valence-electron chi connectivity index (χ4n) is 7.75. The molecule has 0 aliphatic carbocycles. The average Bonchev–Trinajstić information content (AvgIpc) is 3.37. The summed E-state index contributed by atoms with van der Waals surface area (Å²) in [5.41, 5.74) is 2.20. The summed E-state index contributed by atoms with van der Waals surface area (Å²) in [6.07, 6.45) is 28.5. The van der Waals surface area contributed by atoms with Crippen molar-refractivity contribution in [2.75, 3.05) is 13.2 Å². The van der Waals surface area contributed by atoms with E-state index in [4.69, 9.17) is 23.7 Å². The first-order chi connectivity index (χ1) is 33.9. The van der Waals surface area contributed by atoms with Crippen LogP contribution in [0.1, 0.15) is 186 Å². The molecule has 5 aromatic rings. The SMILES string of the molecule is CCCCCCCCCCCCCCCCOc1ccc(N=Nc2ccc(C(=O)Oc3ccc(C(=O)Oc4cccc(OC(=O)c5ccc(OCCCCCCCCCC)cc5)c4)cc3)cc2)cc1. The predicted molar refractivity (Wildman–Crippen MR) is 275 cm³/mol. The van der Waals surface area contributed by atoms with Crippen molar-refractivity contribution >= 4 is 29.3 Å². The van der Waals surface area contributed by atoms with Gasteiger partial charge in [-0.2, -0.15) is 10.2 Å². The fourth-order valence-corrected chi connectivity index (χ4v) is 7.75. The summed E-state index contributed by atoms with van der Waals surface area (Å²) >= 11 is 0. The number of hydrogen-bond donors (Lipinski definition) is 0. The molecule has 0 bridgehead atoms. The maximum absolute atomic E-state index is 13.0. The van der Waals surface area contributed by atoms with E-state index in [2.05, 4.69) is 24.1 Å². The Morgan fingerprint density at radius 1 is 0.333 bits per heavy atom. The van der Waals surface area contributed by atoms with Crippen LogP contribution in [0.5, 0.6) is 28.7 Å². The van der Waals surface area contributed by atoms with Crippen molar-refractivity contribution in [2.45, 2.75) is 155 Å². The number of unbranched alkanes of at least 4 members (excludes halogenated alkanes) is 20. The monoisotopic (exact) mass is 939 g/mol. The number of carbonyl (C=O) groups excluding carboxylic acids is 3. The van der Waals surface area contributed by atoms with E-state index in [0.29, 0.717) is 41.5 Å². The van der Waals surface area contributed by atoms with Gasteiger partial charge in [-0.3, -0.25) is 0 Å². The van der Waals surface area contributed by atoms with Crippen LogP contribution >= 0.6 is 0 Å². The molecule has 0 saturated heterocycles. The zero-order chi connectivity index (χ0) is 48.6. The topological polar surface area (TPSA) is 122 Å². The lowest BCUT2D eigenvalue weighted by Crippen LogP contribution is -2.11. The zero-order valence-electron chi connectivity index (χ0n) is 41.2. The van der Waals surface area contributed by atoms with Gasteiger partial charge in [-0.1, -0.05) is 148 Å². The fraction of sp³-hybridized carbons (Fsp3) is 0.441. The lowest BCUT2D eigenvalue weighted by atomic mass is 10.0. The van der Waals surface area contributed by atoms with Crippen LogP contribution in [0.2, 0.25) is 0 Å². The Morgan fingerprint density at radius 2 is 0.623 bits per heavy atom. The van der Waals surface area contributed by atoms with E-state index in [1.165, 1.54) is 152 Å². The number of rotatable bonds is 34. The van der Waals surface area contributed by atoms with Gasteiger partial charge in [0.1, 0.15) is 28.7 Å². The maximum Gasteiger partial charge on any atom is 0.343 e. The van der Waals surface area contributed by atoms with Crippen molar-refractivity contribution in [1.82, 2.24) is 0 Å². The molecule has 0 aliphatic rings. The van der Waals surface area contributed by atoms with E-state index in [0.717, 1.165) is 25.0 Å². The molecule has 0 amide bonds. The van der Waals surface area contributed by atoms with Crippen LogP contribution in [0.25, 0.3) is 0 Å². The number of benzene rings is 5. The van der Waals surface area contributed by atoms with E-state index in [1.807, 2.05) is 24.3 Å². The summed E-state index contributed by atoms with van der Waals surface area (Å²) < 4.78 is 28.4. The molecule has 0 aliphatic heterocycles. The molecule has 0 unspecified atom stereocenters. The molecule has 5 aromatic carbocycles. The van der Waals surface area contributed by atoms with Crippen molar-refractivity contribution < 1.29 is 38.1 Å². The maximum atomic E-state index is 13.0. The molecular weight excluding hydrogens is 865 g/mol. The Kier molecular flexibility index (Phi) is 25.2. The minimum atomic E-state index is -0.636. The molecule has 69 heavy (non-hydrogen) atoms. The highest BCUT2D eigenvalue weighted by molar-refractivity contribution is 5.93. The summed E-state index contributed by atoms with van der Waals surface area (Å²) in [6, 6.07) is 33.3. The van der Waals surface area contributed by atoms with Crippen LogP contribution in [0, 0.1) is 0 Å². The number of ether oxygens (including phenoxy) is 5. The predicted octanol–water partition coefficient (Wildman–Crippen LogP) is 17.1. The molecule has 0 saturated carbocycles. The number of carbonyl (C=O) groups is 3. The van der Waals surface area contributed by atoms with E-state index < -0.39 is 17.9 Å². The van der Waals surface area contributed by atoms with E-state index in [9.17, 15) is 14.4 Å². The van der Waals surface area contributed by atoms with Crippen molar-refractivity contribution in [3.8, 4) is 28.7 Å². The van der Waals surface area contributed by atoms with Crippen LogP contribution in [0.3, 0.4) is 0 Å². The Morgan fingerprint density at radius 3 is 1.00 bits per heavy atom. The van der Waals surface area contributed by atoms with Crippen molar-refractivity contribution in [2.24, 2.45) is 10.2 Å². The number of hydrogen-bond acceptors (Lipinski definition) is 10. The summed E-state index contributed by atoms with van der Waals surface area (Å²) in [5, 5.41) is 8.63. The molecule has 0 heterocycles. The van der Waals surface area contributed by atoms with Crippen LogP contribution in [-0.2, 0) is 0 Å². The molecule has 0 aromatic heterocycles. The third-order valence-electron chi connectivity index (χ3n) is 11.9. The van der Waals surface area contributed by atoms with Gasteiger partial charge in [0.15, 0.2) is 0 Å². The number of azo groups is 1. The molecule has 0 radical (unpaired) electrons. The quantitative estimate of drug-likeness (QED) is 0.0173. The third kappa shape index (κ3) is 21.7. The second-order valence-electron chi connectivity index (χ2n) is 17.7. The highest BCUT2D eigenvalue weighted by Crippen LogP contribution is 2.25. The van der Waals surface area contributed by atoms with Gasteiger partial charge in [0.2, 0.25) is 0 Å². The van der Waals surface area contributed by atoms with Crippen LogP contribution < -0.4 is 23.7 Å². The van der Waals surface area contributed by atoms with E-state index in [-0.39, 0.29) is 22.8 Å². The lowest BCUT2D eigenvalue weighted by molar-refractivity contribution is 0.0723. The highest BCUT2D eigenvalue weighted by atomic mass is 16.5. The van der Waals surface area contributed by atoms with Crippen LogP contribution in [0.15, 0.2) is 132 Å². The second-order valence-corrected chi connectivity index (χ2v) is 17.7. The average molecular weight is 939 g/mol. The Hall–Kier alpha value is -6.29. The smallest absolute Gasteiger partial charge is 0.343 e. The van der Waals surface area contributed by atoms with Gasteiger partial charge in [0.05, 0.1) is 41.3 Å². The molecule has 10 nitrogen and oxygen atoms in total. The third-order valence-corrected chi connectivity index (χ3v) is 11.9. The van der Waals surface area contributed by atoms with E-state index >= 15 is 0 Å². The summed E-state index contributed by atoms with van der Waals surface area (Å²) in [4.78, 5) is 38.8. The van der Waals surface area contributed by atoms with Crippen LogP contribution in [0.4, 0.5) is 11.4 Å². The van der Waals surface area contributed by atoms with Gasteiger partial charge in [0.25, 0.3) is 0 Å². The first-order valence-electron chi connectivity index (χ1n) is 25.7. The molecule has 5 rings (SSSR count). The Labute approximate surface area is 411 Å². The second kappa shape index (κ2) is 32.5. The molecule has 368 valence electrons. The first kappa shape index (κ1) is 53.7. The van der Waals surface area contributed by atoms with Gasteiger partial charge in [-0.15, -0.1) is 0 Å². The molecule has 0 fully saturated rings. The zero-order valence-corrected chi connectivity index (χ0v) is 41.2. The molecule has 0 spiro atoms. The largest absolute Gasteiger partial charge is 0.494 e. The molecule has 10 heteroatoms. The van der Waals surface area contributed by atoms with Crippen molar-refractivity contribution in [1.29, 1.82) is 0 Å². The van der Waals surface area contributed by atoms with Crippen LogP contribution in [-0.4, -0.2) is 31.1 Å². The van der Waals surface area contributed by atoms with Gasteiger partial charge < -0.3 is 23.7 Å². The minimum absolute atomic E-state index is 0.196. The van der Waals surface area contributed by atoms with Crippen molar-refractivity contribution in [3.05, 3.63) is 138 Å². The molecular formula is C59H74N2O8. The highest BCUT2D eigenvalue weighted by Gasteiger charge is 2.14. The summed E-state index contributed by atoms with van der Waals surface area (Å²) in [5.74, 6) is 0.439. The van der Waals surface area contributed by atoms with E-state index in [1.54, 1.807) is 66.7 Å². The number of esters is 3. The Balaban J connectivity index is 0.950. The van der Waals surface area contributed by atoms with Gasteiger partial charge in [-0.25, -0.2) is 14.4 Å². The normalized spacial score (nSPS) is 11.1. The first-order valence-corrected chi connectivity index (χ1v) is 25.7. The van der Waals surface area contributed by atoms with Gasteiger partial charge in [-0.05, 0) is 122 Å². The van der Waals surface area contributed by atoms with Crippen molar-refractivity contribution in [3.63, 3.8) is 0 Å². The summed E-state index contributed by atoms with van der Waals surface area (Å²) in [7, 11) is 0. The summed E-state index contributed by atoms with van der Waals surface area (Å²) in [6.45, 7) is 5.85. The Bertz CT molecular complexity index is 2240. The minimum Gasteiger partial charge on any atom is -0.494 e. The molecule has 0 atom stereocenters. The standard InChI is InChI=1S/C59H74N2O8/c1-3-5-7-9-11-13-14-15-16-17-18-20-22-24-45-66-53-42-36-51(37-43-53)61-60-50-34-28-47(29-35-50)57(62)67-54-40-32-49(33-41-54)59(64)69-56-27-25-26-55(46-56)68-58(63)48-30-38-52(39-31-48)65-44-23-21-19-12-10-8-6-4-2/h25-43,46H,3-24,44-45H2,1-2H3. The van der Waals surface area contributed by atoms with Gasteiger partial charge >= 0.3 is 17.9 Å². The molecule has 0 N–H and O–H groups in total. The lowest BCUT2D eigenvalue weighted by Gasteiger charge is -2.09. The van der Waals surface area contributed by atoms with Gasteiger partial charge in [0, 0.05) is 6.07 Å². The number of nitrogens with zero attached hydrogens (tertiary/aromatic N) is 2.